The number of benzene rings is 2. The lowest BCUT2D eigenvalue weighted by Gasteiger charge is -2.34. The third-order valence-corrected chi connectivity index (χ3v) is 9.35. The molecule has 9 nitrogen and oxygen atoms in total. The van der Waals surface area contributed by atoms with Gasteiger partial charge in [-0.3, -0.25) is 14.4 Å². The van der Waals surface area contributed by atoms with Crippen molar-refractivity contribution in [2.45, 2.75) is 56.7 Å². The number of carbonyl (C=O) groups excluding carboxylic acids is 4. The summed E-state index contributed by atoms with van der Waals surface area (Å²) in [7, 11) is 1.52. The van der Waals surface area contributed by atoms with E-state index in [1.54, 1.807) is 24.3 Å². The molecular formula is C34H33N3O6S. The van der Waals surface area contributed by atoms with Gasteiger partial charge in [0.25, 0.3) is 0 Å². The summed E-state index contributed by atoms with van der Waals surface area (Å²) in [5.41, 5.74) is 3.48. The van der Waals surface area contributed by atoms with Crippen LogP contribution in [0.25, 0.3) is 0 Å². The van der Waals surface area contributed by atoms with E-state index in [2.05, 4.69) is 26.8 Å². The first-order chi connectivity index (χ1) is 21.0. The second kappa shape index (κ2) is 12.6. The molecule has 10 heteroatoms. The van der Waals surface area contributed by atoms with E-state index < -0.39 is 23.7 Å². The van der Waals surface area contributed by atoms with Crippen LogP contribution in [0.1, 0.15) is 71.1 Å². The first-order valence-corrected chi connectivity index (χ1v) is 15.3. The summed E-state index contributed by atoms with van der Waals surface area (Å²) in [6.07, 6.45) is 2.65. The van der Waals surface area contributed by atoms with E-state index in [4.69, 9.17) is 14.5 Å². The lowest BCUT2D eigenvalue weighted by atomic mass is 9.71. The number of nitriles is 1. The fourth-order valence-electron chi connectivity index (χ4n) is 5.48. The van der Waals surface area contributed by atoms with Crippen LogP contribution in [0.15, 0.2) is 59.6 Å². The van der Waals surface area contributed by atoms with E-state index in [1.807, 2.05) is 6.07 Å². The van der Waals surface area contributed by atoms with Crippen LogP contribution in [0.2, 0.25) is 0 Å². The van der Waals surface area contributed by atoms with E-state index in [9.17, 15) is 24.4 Å². The molecule has 0 N–H and O–H groups in total. The van der Waals surface area contributed by atoms with Crippen molar-refractivity contribution >= 4 is 41.0 Å². The molecule has 0 spiro atoms. The third-order valence-electron chi connectivity index (χ3n) is 8.16. The monoisotopic (exact) mass is 611 g/mol. The summed E-state index contributed by atoms with van der Waals surface area (Å²) in [6.45, 7) is 6.25. The van der Waals surface area contributed by atoms with Crippen molar-refractivity contribution in [2.75, 3.05) is 18.6 Å². The molecular weight excluding hydrogens is 578 g/mol. The number of aryl methyl sites for hydroxylation is 1. The second-order valence-corrected chi connectivity index (χ2v) is 13.2. The zero-order valence-corrected chi connectivity index (χ0v) is 25.9. The summed E-state index contributed by atoms with van der Waals surface area (Å²) in [5.74, 6) is -0.748. The van der Waals surface area contributed by atoms with Crippen LogP contribution in [0, 0.1) is 22.7 Å². The van der Waals surface area contributed by atoms with Gasteiger partial charge in [0, 0.05) is 17.7 Å². The Morgan fingerprint density at radius 3 is 2.36 bits per heavy atom. The lowest BCUT2D eigenvalue weighted by Crippen LogP contribution is -2.31. The average molecular weight is 612 g/mol. The molecule has 1 saturated heterocycles. The molecule has 1 aliphatic heterocycles. The maximum atomic E-state index is 13.4. The number of ether oxygens (including phenoxy) is 2. The van der Waals surface area contributed by atoms with E-state index >= 15 is 0 Å². The fraction of sp³-hybridized carbons (Fsp3) is 0.353. The van der Waals surface area contributed by atoms with Gasteiger partial charge in [-0.05, 0) is 90.8 Å². The van der Waals surface area contributed by atoms with Gasteiger partial charge in [0.1, 0.15) is 16.8 Å². The normalized spacial score (nSPS) is 18.0. The van der Waals surface area contributed by atoms with Crippen LogP contribution >= 0.6 is 11.8 Å². The Hall–Kier alpha value is -4.49. The number of thioether (sulfide) groups is 1. The highest BCUT2D eigenvalue weighted by molar-refractivity contribution is 8.00. The Labute approximate surface area is 260 Å². The number of anilines is 1. The first kappa shape index (κ1) is 31.0. The van der Waals surface area contributed by atoms with Crippen LogP contribution in [-0.4, -0.2) is 47.5 Å². The predicted molar refractivity (Wildman–Crippen MR) is 165 cm³/mol. The minimum Gasteiger partial charge on any atom is -0.497 e. The summed E-state index contributed by atoms with van der Waals surface area (Å²) in [4.78, 5) is 57.1. The number of amides is 2. The number of methoxy groups -OCH3 is 1. The highest BCUT2D eigenvalue weighted by atomic mass is 32.2. The number of fused-ring (bicyclic) bond motifs is 1. The Bertz CT molecular complexity index is 1650. The molecule has 0 radical (unpaired) electrons. The molecule has 3 aromatic rings. The van der Waals surface area contributed by atoms with Crippen LogP contribution in [0.3, 0.4) is 0 Å². The summed E-state index contributed by atoms with van der Waals surface area (Å²) < 4.78 is 10.3. The lowest BCUT2D eigenvalue weighted by molar-refractivity contribution is -0.121. The van der Waals surface area contributed by atoms with Gasteiger partial charge in [-0.2, -0.15) is 5.26 Å². The van der Waals surface area contributed by atoms with Gasteiger partial charge in [-0.1, -0.05) is 32.5 Å². The Morgan fingerprint density at radius 1 is 1.05 bits per heavy atom. The van der Waals surface area contributed by atoms with Crippen LogP contribution in [-0.2, 0) is 27.2 Å². The van der Waals surface area contributed by atoms with E-state index in [-0.39, 0.29) is 29.1 Å². The van der Waals surface area contributed by atoms with Crippen molar-refractivity contribution in [3.05, 3.63) is 82.5 Å². The number of Topliss-reactive ketones (excluding diaryl/α,β-unsaturated/α-hetero) is 1. The summed E-state index contributed by atoms with van der Waals surface area (Å²) in [5, 5.41) is 9.60. The third kappa shape index (κ3) is 6.53. The molecule has 2 amide bonds. The van der Waals surface area contributed by atoms with Gasteiger partial charge >= 0.3 is 5.97 Å². The number of hydrogen-bond donors (Lipinski definition) is 0. The predicted octanol–water partition coefficient (Wildman–Crippen LogP) is 5.58. The number of pyridine rings is 1. The minimum absolute atomic E-state index is 0.0313. The van der Waals surface area contributed by atoms with Gasteiger partial charge in [0.2, 0.25) is 11.8 Å². The van der Waals surface area contributed by atoms with Crippen LogP contribution < -0.4 is 9.64 Å². The molecule has 44 heavy (non-hydrogen) atoms. The highest BCUT2D eigenvalue weighted by Crippen LogP contribution is 2.40. The van der Waals surface area contributed by atoms with Crippen LogP contribution in [0.5, 0.6) is 5.75 Å². The maximum Gasteiger partial charge on any atom is 0.338 e. The zero-order chi connectivity index (χ0) is 31.6. The first-order valence-electron chi connectivity index (χ1n) is 14.4. The Balaban J connectivity index is 1.23. The summed E-state index contributed by atoms with van der Waals surface area (Å²) >= 11 is 1.15. The number of hydrogen-bond acceptors (Lipinski definition) is 9. The largest absolute Gasteiger partial charge is 0.497 e. The molecule has 5 rings (SSSR count). The highest BCUT2D eigenvalue weighted by Gasteiger charge is 2.41. The molecule has 2 aliphatic rings. The van der Waals surface area contributed by atoms with Crippen LogP contribution in [0.4, 0.5) is 5.69 Å². The van der Waals surface area contributed by atoms with Gasteiger partial charge in [0.05, 0.1) is 29.2 Å². The minimum atomic E-state index is -0.723. The number of nitrogens with zero attached hydrogens (tertiary/aromatic N) is 3. The van der Waals surface area contributed by atoms with Crippen molar-refractivity contribution < 1.29 is 28.7 Å². The molecule has 0 bridgehead atoms. The van der Waals surface area contributed by atoms with Gasteiger partial charge in [0.15, 0.2) is 12.4 Å². The number of carbonyl (C=O) groups is 4. The molecule has 2 aromatic carbocycles. The summed E-state index contributed by atoms with van der Waals surface area (Å²) in [6, 6.07) is 16.5. The average Bonchev–Trinajstić information content (AvgIpc) is 3.30. The number of ketones is 1. The molecule has 2 heterocycles. The van der Waals surface area contributed by atoms with E-state index in [1.165, 1.54) is 31.4 Å². The van der Waals surface area contributed by atoms with Crippen molar-refractivity contribution in [3.63, 3.8) is 0 Å². The number of aromatic nitrogens is 1. The second-order valence-electron chi connectivity index (χ2n) is 12.0. The molecule has 1 aliphatic carbocycles. The molecule has 2 unspecified atom stereocenters. The number of esters is 1. The Kier molecular flexibility index (Phi) is 8.88. The maximum absolute atomic E-state index is 13.4. The molecule has 2 atom stereocenters. The van der Waals surface area contributed by atoms with E-state index in [0.29, 0.717) is 33.5 Å². The standard InChI is InChI=1S/C34H33N3O6S/c1-34(2,3)24-9-14-27-22(16-24)15-23(18-35)31(36-27)44-29-17-30(39)37(32(29)40)25-10-5-21(6-11-25)33(41)43-19-28(38)20-7-12-26(42-4)13-8-20/h5-8,10-13,15,24,29H,9,14,16-17,19H2,1-4H3. The number of imide groups is 1. The SMILES string of the molecule is COc1ccc(C(=O)COC(=O)c2ccc(N3C(=O)CC(Sc4nc5c(cc4C#N)CC(C(C)(C)C)CC5)C3=O)cc2)cc1. The van der Waals surface area contributed by atoms with Crippen molar-refractivity contribution in [3.8, 4) is 11.8 Å². The van der Waals surface area contributed by atoms with Crippen molar-refractivity contribution in [1.82, 2.24) is 4.98 Å². The van der Waals surface area contributed by atoms with Gasteiger partial charge in [-0.25, -0.2) is 14.7 Å². The topological polar surface area (TPSA) is 127 Å². The molecule has 1 aromatic heterocycles. The van der Waals surface area contributed by atoms with Crippen molar-refractivity contribution in [2.24, 2.45) is 11.3 Å². The molecule has 0 saturated carbocycles. The van der Waals surface area contributed by atoms with E-state index in [0.717, 1.165) is 47.2 Å². The number of rotatable bonds is 8. The van der Waals surface area contributed by atoms with Crippen molar-refractivity contribution in [1.29, 1.82) is 5.26 Å². The van der Waals surface area contributed by atoms with Gasteiger partial charge < -0.3 is 9.47 Å². The molecule has 1 fully saturated rings. The quantitative estimate of drug-likeness (QED) is 0.182. The smallest absolute Gasteiger partial charge is 0.338 e. The zero-order valence-electron chi connectivity index (χ0n) is 25.1. The Morgan fingerprint density at radius 2 is 1.73 bits per heavy atom. The molecule has 226 valence electrons. The fourth-order valence-corrected chi connectivity index (χ4v) is 6.57. The van der Waals surface area contributed by atoms with Gasteiger partial charge in [-0.15, -0.1) is 0 Å².